The fraction of sp³-hybridized carbons (Fsp3) is 1.00. The molecule has 0 radical (unpaired) electrons. The Balaban J connectivity index is 0. The van der Waals surface area contributed by atoms with Gasteiger partial charge in [-0.2, -0.15) is 13.2 Å². The summed E-state index contributed by atoms with van der Waals surface area (Å²) in [6.45, 7) is 1.82. The molecule has 0 aromatic rings. The first-order valence-electron chi connectivity index (χ1n) is 3.27. The Labute approximate surface area is 77.2 Å². The molecule has 3 nitrogen and oxygen atoms in total. The van der Waals surface area contributed by atoms with Crippen LogP contribution in [-0.4, -0.2) is 29.7 Å². The Kier molecular flexibility index (Phi) is 6.64. The van der Waals surface area contributed by atoms with Crippen LogP contribution in [0.5, 0.6) is 0 Å². The van der Waals surface area contributed by atoms with Crippen molar-refractivity contribution < 1.29 is 25.5 Å². The summed E-state index contributed by atoms with van der Waals surface area (Å²) in [7, 11) is -5.10. The molecule has 0 atom stereocenters. The van der Waals surface area contributed by atoms with Crippen molar-refractivity contribution in [3.8, 4) is 0 Å². The number of rotatable bonds is 2. The van der Waals surface area contributed by atoms with Gasteiger partial charge in [-0.25, -0.2) is 8.42 Å². The highest BCUT2D eigenvalue weighted by molar-refractivity contribution is 7.87. The molecule has 0 spiro atoms. The lowest BCUT2D eigenvalue weighted by molar-refractivity contribution is 0.00819. The summed E-state index contributed by atoms with van der Waals surface area (Å²) in [5.74, 6) is 0. The van der Waals surface area contributed by atoms with Crippen LogP contribution in [0.3, 0.4) is 0 Å². The maximum atomic E-state index is 10.5. The van der Waals surface area contributed by atoms with Gasteiger partial charge in [0.25, 0.3) is 10.1 Å². The molecule has 0 fully saturated rings. The van der Waals surface area contributed by atoms with Gasteiger partial charge >= 0.3 is 6.68 Å². The molecule has 0 heterocycles. The van der Waals surface area contributed by atoms with Crippen LogP contribution in [0.4, 0.5) is 13.2 Å². The van der Waals surface area contributed by atoms with E-state index in [4.69, 9.17) is 3.87 Å². The van der Waals surface area contributed by atoms with Gasteiger partial charge in [0.05, 0.1) is 6.26 Å². The van der Waals surface area contributed by atoms with Gasteiger partial charge in [0.15, 0.2) is 0 Å². The summed E-state index contributed by atoms with van der Waals surface area (Å²) in [5.41, 5.74) is 0. The fourth-order valence-electron chi connectivity index (χ4n) is 0.454. The van der Waals surface area contributed by atoms with Gasteiger partial charge in [0.1, 0.15) is 0 Å². The molecule has 0 N–H and O–H groups in total. The van der Waals surface area contributed by atoms with Crippen LogP contribution in [0.1, 0.15) is 0 Å². The standard InChI is InChI=1S/C4H12O3SSi.CHF3/c1-8(5,6)7-9(2,3)4;2-1(3)4/h1-4H3;1H. The topological polar surface area (TPSA) is 43.4 Å². The molecule has 0 aliphatic carbocycles. The molecule has 82 valence electrons. The summed E-state index contributed by atoms with van der Waals surface area (Å²) >= 11 is 0. The van der Waals surface area contributed by atoms with E-state index in [1.807, 2.05) is 19.6 Å². The average Bonchev–Trinajstić information content (AvgIpc) is 1.47. The Morgan fingerprint density at radius 2 is 1.38 bits per heavy atom. The Bertz CT molecular complexity index is 219. The molecule has 8 heteroatoms. The van der Waals surface area contributed by atoms with Crippen LogP contribution in [0.15, 0.2) is 0 Å². The molecule has 0 unspecified atom stereocenters. The van der Waals surface area contributed by atoms with Gasteiger partial charge in [-0.3, -0.25) is 0 Å². The third-order valence-electron chi connectivity index (χ3n) is 0.401. The van der Waals surface area contributed by atoms with Gasteiger partial charge in [0, 0.05) is 0 Å². The third kappa shape index (κ3) is 33.5. The lowest BCUT2D eigenvalue weighted by atomic mass is 11.6. The predicted molar refractivity (Wildman–Crippen MR) is 46.4 cm³/mol. The highest BCUT2D eigenvalue weighted by Crippen LogP contribution is 2.05. The van der Waals surface area contributed by atoms with E-state index in [2.05, 4.69) is 0 Å². The number of alkyl halides is 3. The van der Waals surface area contributed by atoms with E-state index < -0.39 is 25.1 Å². The first kappa shape index (κ1) is 15.4. The Morgan fingerprint density at radius 3 is 1.38 bits per heavy atom. The molecule has 0 aromatic heterocycles. The lowest BCUT2D eigenvalue weighted by Gasteiger charge is -2.13. The molecule has 0 saturated heterocycles. The smallest absolute Gasteiger partial charge is 0.316 e. The molecule has 0 aliphatic rings. The molecular formula is C5H13F3O3SSi. The third-order valence-corrected chi connectivity index (χ3v) is 3.61. The van der Waals surface area contributed by atoms with Crippen LogP contribution >= 0.6 is 0 Å². The van der Waals surface area contributed by atoms with E-state index in [1.165, 1.54) is 0 Å². The van der Waals surface area contributed by atoms with Crippen LogP contribution in [0, 0.1) is 0 Å². The molecule has 13 heavy (non-hydrogen) atoms. The molecule has 0 aromatic carbocycles. The molecule has 0 aliphatic heterocycles. The van der Waals surface area contributed by atoms with Crippen molar-refractivity contribution in [3.05, 3.63) is 0 Å². The Hall–Kier alpha value is -0.0831. The van der Waals surface area contributed by atoms with Gasteiger partial charge in [-0.15, -0.1) is 0 Å². The molecule has 0 saturated carbocycles. The number of halogens is 3. The highest BCUT2D eigenvalue weighted by atomic mass is 32.2. The second-order valence-electron chi connectivity index (χ2n) is 3.15. The lowest BCUT2D eigenvalue weighted by Crippen LogP contribution is -2.28. The van der Waals surface area contributed by atoms with E-state index in [-0.39, 0.29) is 0 Å². The predicted octanol–water partition coefficient (Wildman–Crippen LogP) is 1.98. The largest absolute Gasteiger partial charge is 0.379 e. The maximum Gasteiger partial charge on any atom is 0.379 e. The van der Waals surface area contributed by atoms with E-state index in [9.17, 15) is 21.6 Å². The summed E-state index contributed by atoms with van der Waals surface area (Å²) in [4.78, 5) is 0. The summed E-state index contributed by atoms with van der Waals surface area (Å²) < 4.78 is 54.7. The maximum absolute atomic E-state index is 10.5. The second-order valence-corrected chi connectivity index (χ2v) is 9.45. The highest BCUT2D eigenvalue weighted by Gasteiger charge is 2.20. The monoisotopic (exact) mass is 238 g/mol. The zero-order chi connectivity index (χ0) is 11.3. The minimum Gasteiger partial charge on any atom is -0.316 e. The molecule has 0 rings (SSSR count). The number of hydrogen-bond donors (Lipinski definition) is 0. The average molecular weight is 238 g/mol. The van der Waals surface area contributed by atoms with Crippen LogP contribution in [0.25, 0.3) is 0 Å². The fourth-order valence-corrected chi connectivity index (χ4v) is 4.09. The van der Waals surface area contributed by atoms with Gasteiger partial charge in [-0.05, 0) is 19.6 Å². The summed E-state index contributed by atoms with van der Waals surface area (Å²) in [5, 5.41) is 0. The molecule has 0 amide bonds. The minimum atomic E-state index is -3.67. The van der Waals surface area contributed by atoms with E-state index in [0.717, 1.165) is 6.26 Å². The van der Waals surface area contributed by atoms with Crippen molar-refractivity contribution in [1.82, 2.24) is 0 Å². The van der Waals surface area contributed by atoms with Gasteiger partial charge in [-0.1, -0.05) is 0 Å². The minimum absolute atomic E-state index is 1.07. The van der Waals surface area contributed by atoms with Crippen molar-refractivity contribution >= 4 is 18.4 Å². The first-order valence-corrected chi connectivity index (χ1v) is 8.49. The molecule has 0 bridgehead atoms. The normalized spacial score (nSPS) is 12.3. The summed E-state index contributed by atoms with van der Waals surface area (Å²) in [6.07, 6.45) is 1.07. The second kappa shape index (κ2) is 5.61. The van der Waals surface area contributed by atoms with Gasteiger partial charge < -0.3 is 3.87 Å². The molecular weight excluding hydrogens is 225 g/mol. The zero-order valence-electron chi connectivity index (χ0n) is 7.84. The van der Waals surface area contributed by atoms with E-state index >= 15 is 0 Å². The quantitative estimate of drug-likeness (QED) is 0.691. The van der Waals surface area contributed by atoms with E-state index in [0.29, 0.717) is 0 Å². The van der Waals surface area contributed by atoms with Gasteiger partial charge in [0.2, 0.25) is 8.32 Å². The first-order chi connectivity index (χ1) is 5.44. The van der Waals surface area contributed by atoms with Crippen LogP contribution < -0.4 is 0 Å². The van der Waals surface area contributed by atoms with Crippen molar-refractivity contribution in [2.75, 3.05) is 6.26 Å². The van der Waals surface area contributed by atoms with Crippen molar-refractivity contribution in [3.63, 3.8) is 0 Å². The Morgan fingerprint density at radius 1 is 1.15 bits per heavy atom. The van der Waals surface area contributed by atoms with Crippen molar-refractivity contribution in [2.45, 2.75) is 26.3 Å². The SMILES string of the molecule is C[Si](C)(C)OS(C)(=O)=O.FC(F)F. The van der Waals surface area contributed by atoms with E-state index in [1.54, 1.807) is 0 Å². The van der Waals surface area contributed by atoms with Crippen molar-refractivity contribution in [1.29, 1.82) is 0 Å². The van der Waals surface area contributed by atoms with Crippen LogP contribution in [0.2, 0.25) is 19.6 Å². The number of hydrogen-bond acceptors (Lipinski definition) is 3. The van der Waals surface area contributed by atoms with Crippen LogP contribution in [-0.2, 0) is 14.0 Å². The summed E-state index contributed by atoms with van der Waals surface area (Å²) in [6, 6.07) is 0. The van der Waals surface area contributed by atoms with Crippen molar-refractivity contribution in [2.24, 2.45) is 0 Å². The zero-order valence-corrected chi connectivity index (χ0v) is 9.66.